The molecule has 0 aromatic heterocycles. The Kier molecular flexibility index (Phi) is 10.8. The molecule has 0 saturated heterocycles. The highest BCUT2D eigenvalue weighted by Gasteiger charge is 2.40. The lowest BCUT2D eigenvalue weighted by molar-refractivity contribution is -0.170. The quantitative estimate of drug-likeness (QED) is 0.239. The maximum absolute atomic E-state index is 12.7. The van der Waals surface area contributed by atoms with Crippen molar-refractivity contribution in [3.63, 3.8) is 0 Å². The predicted octanol–water partition coefficient (Wildman–Crippen LogP) is 4.97. The van der Waals surface area contributed by atoms with Gasteiger partial charge in [0, 0.05) is 12.6 Å². The largest absolute Gasteiger partial charge is 0.481 e. The average molecular weight is 548 g/mol. The molecule has 0 spiro atoms. The van der Waals surface area contributed by atoms with Gasteiger partial charge in [0.05, 0.1) is 18.4 Å². The second-order valence-electron chi connectivity index (χ2n) is 8.70. The minimum atomic E-state index is -4.31. The zero-order valence-electron chi connectivity index (χ0n) is 20.9. The number of aliphatic hydroxyl groups is 1. The summed E-state index contributed by atoms with van der Waals surface area (Å²) in [7, 11) is 0. The summed E-state index contributed by atoms with van der Waals surface area (Å²) in [6.45, 7) is 2.65. The summed E-state index contributed by atoms with van der Waals surface area (Å²) in [5, 5.41) is 39.6. The Labute approximate surface area is 222 Å². The molecule has 3 aromatic carbocycles. The number of fused-ring (bicyclic) bond motifs is 1. The van der Waals surface area contributed by atoms with Gasteiger partial charge in [0.2, 0.25) is 0 Å². The van der Waals surface area contributed by atoms with E-state index >= 15 is 0 Å². The summed E-state index contributed by atoms with van der Waals surface area (Å²) >= 11 is 0. The Hall–Kier alpha value is -4.22. The van der Waals surface area contributed by atoms with Crippen molar-refractivity contribution in [2.75, 3.05) is 6.54 Å². The molecule has 1 atom stereocenters. The standard InChI is InChI=1S/C22H20F3N.C6H8O7/c1-16(20-13-5-10-18-9-2-3-12-21(18)20)26-14-6-8-17-7-4-11-19(15-17)22(23,24)25;7-3(8)1-6(13,5(11)12)2-4(9)10/h2-13,15-16,26H,14H2,1H3;13H,1-2H2,(H,7,8)(H,9,10)(H,11,12)/t16-;/m1./s1. The number of hydrogen-bond acceptors (Lipinski definition) is 5. The van der Waals surface area contributed by atoms with Crippen LogP contribution >= 0.6 is 0 Å². The summed E-state index contributed by atoms with van der Waals surface area (Å²) in [4.78, 5) is 30.5. The van der Waals surface area contributed by atoms with E-state index in [1.54, 1.807) is 12.1 Å². The van der Waals surface area contributed by atoms with E-state index in [1.165, 1.54) is 22.4 Å². The van der Waals surface area contributed by atoms with E-state index in [2.05, 4.69) is 36.5 Å². The first-order valence-electron chi connectivity index (χ1n) is 11.7. The molecule has 0 unspecified atom stereocenters. The van der Waals surface area contributed by atoms with Gasteiger partial charge in [0.1, 0.15) is 0 Å². The number of aliphatic carboxylic acids is 3. The highest BCUT2D eigenvalue weighted by molar-refractivity contribution is 5.88. The van der Waals surface area contributed by atoms with Crippen molar-refractivity contribution in [3.05, 3.63) is 89.5 Å². The number of halogens is 3. The monoisotopic (exact) mass is 547 g/mol. The average Bonchev–Trinajstić information content (AvgIpc) is 2.85. The number of carboxylic acid groups (broad SMARTS) is 3. The van der Waals surface area contributed by atoms with Crippen LogP contribution in [0.15, 0.2) is 72.8 Å². The van der Waals surface area contributed by atoms with Gasteiger partial charge in [0.25, 0.3) is 0 Å². The predicted molar refractivity (Wildman–Crippen MR) is 138 cm³/mol. The van der Waals surface area contributed by atoms with Gasteiger partial charge in [-0.2, -0.15) is 13.2 Å². The maximum atomic E-state index is 12.7. The lowest BCUT2D eigenvalue weighted by Gasteiger charge is -2.18. The van der Waals surface area contributed by atoms with Crippen LogP contribution in [0.5, 0.6) is 0 Å². The number of carboxylic acids is 3. The summed E-state index contributed by atoms with van der Waals surface area (Å²) in [5.74, 6) is -5.02. The Morgan fingerprint density at radius 3 is 2.08 bits per heavy atom. The molecular weight excluding hydrogens is 519 g/mol. The molecule has 0 bridgehead atoms. The summed E-state index contributed by atoms with van der Waals surface area (Å²) < 4.78 is 38.2. The van der Waals surface area contributed by atoms with E-state index in [9.17, 15) is 27.6 Å². The zero-order chi connectivity index (χ0) is 29.2. The van der Waals surface area contributed by atoms with E-state index in [0.29, 0.717) is 12.1 Å². The molecule has 0 aliphatic heterocycles. The molecular formula is C28H28F3NO7. The van der Waals surface area contributed by atoms with Crippen LogP contribution in [-0.4, -0.2) is 50.5 Å². The number of carbonyl (C=O) groups is 3. The van der Waals surface area contributed by atoms with Crippen LogP contribution in [0.25, 0.3) is 16.8 Å². The first-order valence-corrected chi connectivity index (χ1v) is 11.7. The van der Waals surface area contributed by atoms with Crippen LogP contribution in [0.1, 0.15) is 42.5 Å². The third kappa shape index (κ3) is 9.55. The van der Waals surface area contributed by atoms with Crippen LogP contribution < -0.4 is 5.32 Å². The zero-order valence-corrected chi connectivity index (χ0v) is 20.9. The van der Waals surface area contributed by atoms with Crippen molar-refractivity contribution >= 4 is 34.8 Å². The lowest BCUT2D eigenvalue weighted by atomic mass is 9.96. The topological polar surface area (TPSA) is 144 Å². The van der Waals surface area contributed by atoms with Gasteiger partial charge >= 0.3 is 24.1 Å². The number of alkyl halides is 3. The number of hydrogen-bond donors (Lipinski definition) is 5. The Bertz CT molecular complexity index is 1320. The van der Waals surface area contributed by atoms with E-state index in [0.717, 1.165) is 12.1 Å². The minimum absolute atomic E-state index is 0.132. The fourth-order valence-electron chi connectivity index (χ4n) is 3.71. The molecule has 208 valence electrons. The van der Waals surface area contributed by atoms with Crippen molar-refractivity contribution in [2.45, 2.75) is 37.6 Å². The molecule has 0 heterocycles. The highest BCUT2D eigenvalue weighted by Crippen LogP contribution is 2.30. The number of nitrogens with one attached hydrogen (secondary N) is 1. The second kappa shape index (κ2) is 13.5. The van der Waals surface area contributed by atoms with Gasteiger partial charge in [-0.05, 0) is 41.0 Å². The van der Waals surface area contributed by atoms with Gasteiger partial charge in [0.15, 0.2) is 5.60 Å². The molecule has 3 rings (SSSR count). The fourth-order valence-corrected chi connectivity index (χ4v) is 3.71. The molecule has 39 heavy (non-hydrogen) atoms. The third-order valence-electron chi connectivity index (χ3n) is 5.64. The van der Waals surface area contributed by atoms with Crippen LogP contribution in [0, 0.1) is 0 Å². The Morgan fingerprint density at radius 2 is 1.49 bits per heavy atom. The van der Waals surface area contributed by atoms with Gasteiger partial charge < -0.3 is 25.7 Å². The summed E-state index contributed by atoms with van der Waals surface area (Å²) in [6, 6.07) is 19.9. The molecule has 3 aromatic rings. The van der Waals surface area contributed by atoms with Gasteiger partial charge in [-0.25, -0.2) is 4.79 Å². The van der Waals surface area contributed by atoms with Crippen molar-refractivity contribution in [3.8, 4) is 0 Å². The van der Waals surface area contributed by atoms with E-state index in [4.69, 9.17) is 20.4 Å². The van der Waals surface area contributed by atoms with Crippen LogP contribution in [0.3, 0.4) is 0 Å². The first-order chi connectivity index (χ1) is 18.2. The SMILES string of the molecule is C[C@@H](NCC=Cc1cccc(C(F)(F)F)c1)c1cccc2ccccc12.O=C(O)CC(O)(CC(=O)O)C(=O)O. The molecule has 5 N–H and O–H groups in total. The number of rotatable bonds is 10. The van der Waals surface area contributed by atoms with Crippen LogP contribution in [0.2, 0.25) is 0 Å². The van der Waals surface area contributed by atoms with Gasteiger partial charge in [-0.3, -0.25) is 9.59 Å². The van der Waals surface area contributed by atoms with Crippen LogP contribution in [0.4, 0.5) is 13.2 Å². The Balaban J connectivity index is 0.000000349. The highest BCUT2D eigenvalue weighted by atomic mass is 19.4. The molecule has 0 fully saturated rings. The molecule has 8 nitrogen and oxygen atoms in total. The maximum Gasteiger partial charge on any atom is 0.416 e. The van der Waals surface area contributed by atoms with Gasteiger partial charge in [-0.15, -0.1) is 0 Å². The van der Waals surface area contributed by atoms with E-state index < -0.39 is 48.1 Å². The summed E-state index contributed by atoms with van der Waals surface area (Å²) in [6.07, 6.45) is -3.05. The third-order valence-corrected chi connectivity index (χ3v) is 5.64. The second-order valence-corrected chi connectivity index (χ2v) is 8.70. The van der Waals surface area contributed by atoms with E-state index in [1.807, 2.05) is 24.3 Å². The molecule has 0 saturated carbocycles. The summed E-state index contributed by atoms with van der Waals surface area (Å²) in [5.41, 5.74) is -1.62. The number of benzene rings is 3. The molecule has 11 heteroatoms. The smallest absolute Gasteiger partial charge is 0.416 e. The normalized spacial score (nSPS) is 12.5. The van der Waals surface area contributed by atoms with Gasteiger partial charge in [-0.1, -0.05) is 66.7 Å². The van der Waals surface area contributed by atoms with Crippen LogP contribution in [-0.2, 0) is 20.6 Å². The van der Waals surface area contributed by atoms with Crippen molar-refractivity contribution < 1.29 is 48.0 Å². The van der Waals surface area contributed by atoms with Crippen molar-refractivity contribution in [1.82, 2.24) is 5.32 Å². The minimum Gasteiger partial charge on any atom is -0.481 e. The molecule has 0 radical (unpaired) electrons. The molecule has 0 aliphatic carbocycles. The Morgan fingerprint density at radius 1 is 0.897 bits per heavy atom. The molecule has 0 amide bonds. The molecule has 0 aliphatic rings. The van der Waals surface area contributed by atoms with Crippen molar-refractivity contribution in [1.29, 1.82) is 0 Å². The first kappa shape index (κ1) is 31.0. The van der Waals surface area contributed by atoms with E-state index in [-0.39, 0.29) is 6.04 Å². The fraction of sp³-hybridized carbons (Fsp3) is 0.250. The lowest BCUT2D eigenvalue weighted by Crippen LogP contribution is -2.42. The van der Waals surface area contributed by atoms with Crippen molar-refractivity contribution in [2.24, 2.45) is 0 Å².